The first kappa shape index (κ1) is 15.7. The molecular formula is C18H16N2O4. The zero-order valence-corrected chi connectivity index (χ0v) is 13.1. The summed E-state index contributed by atoms with van der Waals surface area (Å²) < 4.78 is 16.1. The molecule has 1 unspecified atom stereocenters. The van der Waals surface area contributed by atoms with Gasteiger partial charge in [-0.3, -0.25) is 4.79 Å². The molecule has 3 rings (SSSR count). The van der Waals surface area contributed by atoms with Gasteiger partial charge in [-0.25, -0.2) is 0 Å². The van der Waals surface area contributed by atoms with Gasteiger partial charge < -0.3 is 19.5 Å². The van der Waals surface area contributed by atoms with Gasteiger partial charge in [0, 0.05) is 6.54 Å². The Morgan fingerprint density at radius 1 is 1.29 bits per heavy atom. The Morgan fingerprint density at radius 3 is 2.96 bits per heavy atom. The lowest BCUT2D eigenvalue weighted by Gasteiger charge is -2.15. The first-order valence-electron chi connectivity index (χ1n) is 7.49. The molecule has 1 aliphatic heterocycles. The number of nitrogens with zero attached hydrogens (tertiary/aromatic N) is 1. The molecule has 1 heterocycles. The number of carbonyl (C=O) groups is 1. The highest BCUT2D eigenvalue weighted by Crippen LogP contribution is 2.32. The zero-order valence-electron chi connectivity index (χ0n) is 13.1. The lowest BCUT2D eigenvalue weighted by molar-refractivity contribution is -0.127. The standard InChI is InChI=1S/C18H16N2O4/c1-12(24-15-4-2-3-13(7-15)9-19)18(21)20-10-14-5-6-16-17(8-14)23-11-22-16/h2-8,12H,10-11H2,1H3,(H,20,21). The third-order valence-electron chi connectivity index (χ3n) is 3.55. The van der Waals surface area contributed by atoms with Crippen LogP contribution in [0.15, 0.2) is 42.5 Å². The lowest BCUT2D eigenvalue weighted by Crippen LogP contribution is -2.35. The highest BCUT2D eigenvalue weighted by Gasteiger charge is 2.16. The van der Waals surface area contributed by atoms with Gasteiger partial charge in [0.2, 0.25) is 6.79 Å². The number of carbonyl (C=O) groups excluding carboxylic acids is 1. The second kappa shape index (κ2) is 6.92. The number of nitrogens with one attached hydrogen (secondary N) is 1. The molecule has 0 fully saturated rings. The van der Waals surface area contributed by atoms with Crippen LogP contribution in [0.5, 0.6) is 17.2 Å². The fourth-order valence-corrected chi connectivity index (χ4v) is 2.28. The topological polar surface area (TPSA) is 80.6 Å². The number of amides is 1. The summed E-state index contributed by atoms with van der Waals surface area (Å²) in [6.45, 7) is 2.24. The van der Waals surface area contributed by atoms with Gasteiger partial charge in [0.1, 0.15) is 5.75 Å². The maximum atomic E-state index is 12.2. The van der Waals surface area contributed by atoms with E-state index >= 15 is 0 Å². The largest absolute Gasteiger partial charge is 0.481 e. The monoisotopic (exact) mass is 324 g/mol. The average molecular weight is 324 g/mol. The van der Waals surface area contributed by atoms with Crippen molar-refractivity contribution in [2.45, 2.75) is 19.6 Å². The van der Waals surface area contributed by atoms with E-state index in [1.165, 1.54) is 0 Å². The van der Waals surface area contributed by atoms with Crippen molar-refractivity contribution in [1.82, 2.24) is 5.32 Å². The summed E-state index contributed by atoms with van der Waals surface area (Å²) in [6, 6.07) is 14.3. The van der Waals surface area contributed by atoms with E-state index in [1.807, 2.05) is 24.3 Å². The molecule has 0 aliphatic carbocycles. The molecule has 0 aromatic heterocycles. The van der Waals surface area contributed by atoms with E-state index in [9.17, 15) is 4.79 Å². The quantitative estimate of drug-likeness (QED) is 0.913. The SMILES string of the molecule is CC(Oc1cccc(C#N)c1)C(=O)NCc1ccc2c(c1)OCO2. The molecule has 0 bridgehead atoms. The van der Waals surface area contributed by atoms with E-state index in [1.54, 1.807) is 31.2 Å². The van der Waals surface area contributed by atoms with Gasteiger partial charge >= 0.3 is 0 Å². The molecule has 0 spiro atoms. The van der Waals surface area contributed by atoms with E-state index in [2.05, 4.69) is 5.32 Å². The first-order chi connectivity index (χ1) is 11.7. The van der Waals surface area contributed by atoms with E-state index in [4.69, 9.17) is 19.5 Å². The molecule has 6 nitrogen and oxygen atoms in total. The number of fused-ring (bicyclic) bond motifs is 1. The van der Waals surface area contributed by atoms with Crippen molar-refractivity contribution in [3.05, 3.63) is 53.6 Å². The van der Waals surface area contributed by atoms with Crippen LogP contribution in [-0.4, -0.2) is 18.8 Å². The second-order valence-corrected chi connectivity index (χ2v) is 5.31. The zero-order chi connectivity index (χ0) is 16.9. The molecule has 2 aromatic carbocycles. The minimum Gasteiger partial charge on any atom is -0.481 e. The van der Waals surface area contributed by atoms with Crippen molar-refractivity contribution in [3.8, 4) is 23.3 Å². The highest BCUT2D eigenvalue weighted by molar-refractivity contribution is 5.80. The normalized spacial score (nSPS) is 13.0. The van der Waals surface area contributed by atoms with E-state index in [-0.39, 0.29) is 12.7 Å². The fraction of sp³-hybridized carbons (Fsp3) is 0.222. The maximum Gasteiger partial charge on any atom is 0.261 e. The molecule has 2 aromatic rings. The van der Waals surface area contributed by atoms with Crippen LogP contribution >= 0.6 is 0 Å². The average Bonchev–Trinajstić information content (AvgIpc) is 3.07. The van der Waals surface area contributed by atoms with Crippen molar-refractivity contribution in [2.24, 2.45) is 0 Å². The Hall–Kier alpha value is -3.20. The van der Waals surface area contributed by atoms with E-state index in [0.29, 0.717) is 29.4 Å². The van der Waals surface area contributed by atoms with Gasteiger partial charge in [-0.2, -0.15) is 5.26 Å². The van der Waals surface area contributed by atoms with Crippen LogP contribution in [0, 0.1) is 11.3 Å². The van der Waals surface area contributed by atoms with Gasteiger partial charge in [0.05, 0.1) is 11.6 Å². The summed E-state index contributed by atoms with van der Waals surface area (Å²) in [7, 11) is 0. The van der Waals surface area contributed by atoms with Gasteiger partial charge in [-0.05, 0) is 42.8 Å². The van der Waals surface area contributed by atoms with Gasteiger partial charge in [-0.1, -0.05) is 12.1 Å². The van der Waals surface area contributed by atoms with Crippen LogP contribution in [0.3, 0.4) is 0 Å². The Bertz CT molecular complexity index is 798. The molecule has 0 saturated carbocycles. The predicted octanol–water partition coefficient (Wildman–Crippen LogP) is 2.37. The molecular weight excluding hydrogens is 308 g/mol. The molecule has 6 heteroatoms. The number of ether oxygens (including phenoxy) is 3. The summed E-state index contributed by atoms with van der Waals surface area (Å²) in [5.41, 5.74) is 1.40. The van der Waals surface area contributed by atoms with E-state index < -0.39 is 6.10 Å². The summed E-state index contributed by atoms with van der Waals surface area (Å²) in [5, 5.41) is 11.7. The van der Waals surface area contributed by atoms with Crippen molar-refractivity contribution < 1.29 is 19.0 Å². The minimum absolute atomic E-state index is 0.220. The molecule has 24 heavy (non-hydrogen) atoms. The summed E-state index contributed by atoms with van der Waals surface area (Å²) >= 11 is 0. The first-order valence-corrected chi connectivity index (χ1v) is 7.49. The van der Waals surface area contributed by atoms with E-state index in [0.717, 1.165) is 5.56 Å². The van der Waals surface area contributed by atoms with Gasteiger partial charge in [0.15, 0.2) is 17.6 Å². The van der Waals surface area contributed by atoms with Crippen LogP contribution in [0.25, 0.3) is 0 Å². The third kappa shape index (κ3) is 3.58. The Balaban J connectivity index is 1.55. The predicted molar refractivity (Wildman–Crippen MR) is 85.7 cm³/mol. The van der Waals surface area contributed by atoms with Gasteiger partial charge in [-0.15, -0.1) is 0 Å². The van der Waals surface area contributed by atoms with Crippen molar-refractivity contribution in [1.29, 1.82) is 5.26 Å². The fourth-order valence-electron chi connectivity index (χ4n) is 2.28. The van der Waals surface area contributed by atoms with Crippen LogP contribution in [0.4, 0.5) is 0 Å². The molecule has 0 radical (unpaired) electrons. The van der Waals surface area contributed by atoms with Crippen molar-refractivity contribution in [3.63, 3.8) is 0 Å². The van der Waals surface area contributed by atoms with Crippen molar-refractivity contribution in [2.75, 3.05) is 6.79 Å². The number of hydrogen-bond acceptors (Lipinski definition) is 5. The van der Waals surface area contributed by atoms with Crippen LogP contribution in [-0.2, 0) is 11.3 Å². The minimum atomic E-state index is -0.673. The number of hydrogen-bond donors (Lipinski definition) is 1. The Kier molecular flexibility index (Phi) is 4.52. The van der Waals surface area contributed by atoms with Gasteiger partial charge in [0.25, 0.3) is 5.91 Å². The molecule has 1 N–H and O–H groups in total. The summed E-state index contributed by atoms with van der Waals surface area (Å²) in [4.78, 5) is 12.2. The highest BCUT2D eigenvalue weighted by atomic mass is 16.7. The number of rotatable bonds is 5. The second-order valence-electron chi connectivity index (χ2n) is 5.31. The summed E-state index contributed by atoms with van der Waals surface area (Å²) in [5.74, 6) is 1.63. The molecule has 122 valence electrons. The molecule has 0 saturated heterocycles. The smallest absolute Gasteiger partial charge is 0.261 e. The van der Waals surface area contributed by atoms with Crippen LogP contribution < -0.4 is 19.5 Å². The Labute approximate surface area is 139 Å². The lowest BCUT2D eigenvalue weighted by atomic mass is 10.2. The molecule has 1 amide bonds. The van der Waals surface area contributed by atoms with Crippen molar-refractivity contribution >= 4 is 5.91 Å². The van der Waals surface area contributed by atoms with Crippen LogP contribution in [0.1, 0.15) is 18.1 Å². The maximum absolute atomic E-state index is 12.2. The number of nitriles is 1. The number of benzene rings is 2. The third-order valence-corrected chi connectivity index (χ3v) is 3.55. The molecule has 1 aliphatic rings. The Morgan fingerprint density at radius 2 is 2.12 bits per heavy atom. The summed E-state index contributed by atoms with van der Waals surface area (Å²) in [6.07, 6.45) is -0.673. The molecule has 1 atom stereocenters. The van der Waals surface area contributed by atoms with Crippen LogP contribution in [0.2, 0.25) is 0 Å².